The molecule has 9 nitrogen and oxygen atoms in total. The van der Waals surface area contributed by atoms with Gasteiger partial charge in [0, 0.05) is 7.05 Å². The van der Waals surface area contributed by atoms with E-state index in [0.29, 0.717) is 17.0 Å². The third kappa shape index (κ3) is 6.32. The van der Waals surface area contributed by atoms with Gasteiger partial charge in [-0.15, -0.1) is 0 Å². The van der Waals surface area contributed by atoms with E-state index in [0.717, 1.165) is 11.8 Å². The second-order valence-electron chi connectivity index (χ2n) is 6.63. The number of thioether (sulfide) groups is 1. The van der Waals surface area contributed by atoms with E-state index in [1.54, 1.807) is 30.3 Å². The first-order valence-electron chi connectivity index (χ1n) is 9.79. The minimum Gasteiger partial charge on any atom is -0.497 e. The summed E-state index contributed by atoms with van der Waals surface area (Å²) in [6, 6.07) is 11.7. The Balaban J connectivity index is 1.87. The number of ether oxygens (including phenoxy) is 2. The molecule has 0 unspecified atom stereocenters. The van der Waals surface area contributed by atoms with Gasteiger partial charge in [-0.3, -0.25) is 19.8 Å². The van der Waals surface area contributed by atoms with Gasteiger partial charge in [0.15, 0.2) is 5.17 Å². The number of anilines is 1. The van der Waals surface area contributed by atoms with Crippen LogP contribution < -0.4 is 25.0 Å². The molecule has 1 aliphatic heterocycles. The van der Waals surface area contributed by atoms with Crippen molar-refractivity contribution in [1.82, 2.24) is 10.6 Å². The highest BCUT2D eigenvalue weighted by Gasteiger charge is 2.32. The van der Waals surface area contributed by atoms with Gasteiger partial charge >= 0.3 is 12.6 Å². The zero-order valence-corrected chi connectivity index (χ0v) is 18.9. The van der Waals surface area contributed by atoms with Crippen LogP contribution in [0.3, 0.4) is 0 Å². The van der Waals surface area contributed by atoms with Crippen LogP contribution in [0, 0.1) is 0 Å². The van der Waals surface area contributed by atoms with Crippen molar-refractivity contribution in [3.8, 4) is 11.5 Å². The molecular weight excluding hydrogens is 470 g/mol. The standard InChI is InChI=1S/C22H20F2N4O5S/c1-25-21(31)27-18(29)12-34-22-26-17(11-13-3-7-15(32-2)8-4-13)19(30)28(22)14-5-9-16(10-6-14)33-20(23)24/h3-11,20H,12H2,1-2H3,(H2,25,27,29,31)/b17-11-. The smallest absolute Gasteiger partial charge is 0.387 e. The average Bonchev–Trinajstić information content (AvgIpc) is 3.13. The van der Waals surface area contributed by atoms with Crippen LogP contribution in [0.2, 0.25) is 0 Å². The first-order chi connectivity index (χ1) is 16.3. The first kappa shape index (κ1) is 24.7. The summed E-state index contributed by atoms with van der Waals surface area (Å²) in [5.41, 5.74) is 1.13. The lowest BCUT2D eigenvalue weighted by molar-refractivity contribution is -0.117. The summed E-state index contributed by atoms with van der Waals surface area (Å²) in [6.45, 7) is -2.98. The van der Waals surface area contributed by atoms with E-state index in [4.69, 9.17) is 4.74 Å². The lowest BCUT2D eigenvalue weighted by Crippen LogP contribution is -2.39. The quantitative estimate of drug-likeness (QED) is 0.577. The average molecular weight is 490 g/mol. The predicted molar refractivity (Wildman–Crippen MR) is 124 cm³/mol. The molecule has 0 spiro atoms. The van der Waals surface area contributed by atoms with Gasteiger partial charge in [0.25, 0.3) is 5.91 Å². The van der Waals surface area contributed by atoms with E-state index in [9.17, 15) is 23.2 Å². The fraction of sp³-hybridized carbons (Fsp3) is 0.182. The van der Waals surface area contributed by atoms with Crippen LogP contribution in [0.15, 0.2) is 59.2 Å². The zero-order valence-electron chi connectivity index (χ0n) is 18.1. The van der Waals surface area contributed by atoms with Gasteiger partial charge in [-0.05, 0) is 48.0 Å². The van der Waals surface area contributed by atoms with E-state index < -0.39 is 24.5 Å². The Morgan fingerprint density at radius 3 is 2.35 bits per heavy atom. The van der Waals surface area contributed by atoms with E-state index >= 15 is 0 Å². The summed E-state index contributed by atoms with van der Waals surface area (Å²) in [5, 5.41) is 4.57. The van der Waals surface area contributed by atoms with E-state index in [2.05, 4.69) is 20.4 Å². The second-order valence-corrected chi connectivity index (χ2v) is 7.57. The topological polar surface area (TPSA) is 109 Å². The second kappa shape index (κ2) is 11.3. The summed E-state index contributed by atoms with van der Waals surface area (Å²) in [5.74, 6) is -0.691. The maximum atomic E-state index is 13.2. The molecule has 2 N–H and O–H groups in total. The summed E-state index contributed by atoms with van der Waals surface area (Å²) in [6.07, 6.45) is 1.57. The molecule has 0 bridgehead atoms. The number of amides is 4. The van der Waals surface area contributed by atoms with Gasteiger partial charge < -0.3 is 14.8 Å². The minimum atomic E-state index is -2.98. The van der Waals surface area contributed by atoms with Crippen molar-refractivity contribution in [1.29, 1.82) is 0 Å². The first-order valence-corrected chi connectivity index (χ1v) is 10.8. The molecule has 1 heterocycles. The third-order valence-corrected chi connectivity index (χ3v) is 5.32. The number of nitrogens with zero attached hydrogens (tertiary/aromatic N) is 2. The van der Waals surface area contributed by atoms with Crippen LogP contribution in [0.5, 0.6) is 11.5 Å². The number of nitrogens with one attached hydrogen (secondary N) is 2. The van der Waals surface area contributed by atoms with Crippen LogP contribution in [0.1, 0.15) is 5.56 Å². The van der Waals surface area contributed by atoms with Gasteiger partial charge in [0.1, 0.15) is 17.2 Å². The van der Waals surface area contributed by atoms with Gasteiger partial charge in [-0.1, -0.05) is 23.9 Å². The molecule has 2 aromatic rings. The van der Waals surface area contributed by atoms with E-state index in [1.165, 1.54) is 43.3 Å². The molecule has 0 saturated carbocycles. The molecule has 4 amide bonds. The van der Waals surface area contributed by atoms with Crippen molar-refractivity contribution in [3.63, 3.8) is 0 Å². The van der Waals surface area contributed by atoms with Crippen molar-refractivity contribution in [2.75, 3.05) is 24.8 Å². The Morgan fingerprint density at radius 1 is 1.12 bits per heavy atom. The predicted octanol–water partition coefficient (Wildman–Crippen LogP) is 3.23. The number of alkyl halides is 2. The Kier molecular flexibility index (Phi) is 8.19. The SMILES string of the molecule is CNC(=O)NC(=O)CSC1=N/C(=C\c2ccc(OC)cc2)C(=O)N1c1ccc(OC(F)F)cc1. The molecule has 0 fully saturated rings. The van der Waals surface area contributed by atoms with E-state index in [1.807, 2.05) is 0 Å². The van der Waals surface area contributed by atoms with Crippen LogP contribution in [0.4, 0.5) is 19.3 Å². The maximum Gasteiger partial charge on any atom is 0.387 e. The molecular formula is C22H20F2N4O5S. The van der Waals surface area contributed by atoms with Gasteiger partial charge in [0.05, 0.1) is 18.6 Å². The molecule has 34 heavy (non-hydrogen) atoms. The summed E-state index contributed by atoms with van der Waals surface area (Å²) in [4.78, 5) is 42.1. The van der Waals surface area contributed by atoms with Crippen molar-refractivity contribution in [2.45, 2.75) is 6.61 Å². The molecule has 0 saturated heterocycles. The number of benzene rings is 2. The molecule has 2 aromatic carbocycles. The van der Waals surface area contributed by atoms with Crippen LogP contribution in [-0.2, 0) is 9.59 Å². The van der Waals surface area contributed by atoms with Crippen molar-refractivity contribution >= 4 is 46.5 Å². The minimum absolute atomic E-state index is 0.0736. The fourth-order valence-electron chi connectivity index (χ4n) is 2.81. The lowest BCUT2D eigenvalue weighted by Gasteiger charge is -2.18. The molecule has 178 valence electrons. The van der Waals surface area contributed by atoms with Gasteiger partial charge in [-0.25, -0.2) is 9.79 Å². The van der Waals surface area contributed by atoms with Crippen molar-refractivity contribution < 1.29 is 32.6 Å². The summed E-state index contributed by atoms with van der Waals surface area (Å²) < 4.78 is 34.4. The van der Waals surface area contributed by atoms with Gasteiger partial charge in [-0.2, -0.15) is 8.78 Å². The summed E-state index contributed by atoms with van der Waals surface area (Å²) >= 11 is 0.938. The molecule has 0 aromatic heterocycles. The number of rotatable bonds is 7. The van der Waals surface area contributed by atoms with Crippen molar-refractivity contribution in [2.24, 2.45) is 4.99 Å². The highest BCUT2D eigenvalue weighted by Crippen LogP contribution is 2.31. The number of amidine groups is 1. The van der Waals surface area contributed by atoms with Gasteiger partial charge in [0.2, 0.25) is 5.91 Å². The Labute approximate surface area is 197 Å². The van der Waals surface area contributed by atoms with Crippen LogP contribution in [-0.4, -0.2) is 49.5 Å². The number of urea groups is 1. The molecule has 1 aliphatic rings. The summed E-state index contributed by atoms with van der Waals surface area (Å²) in [7, 11) is 2.91. The largest absolute Gasteiger partial charge is 0.497 e. The number of halogens is 2. The van der Waals surface area contributed by atoms with Crippen molar-refractivity contribution in [3.05, 3.63) is 59.8 Å². The highest BCUT2D eigenvalue weighted by molar-refractivity contribution is 8.14. The molecule has 0 radical (unpaired) electrons. The Bertz CT molecular complexity index is 1120. The number of methoxy groups -OCH3 is 1. The Morgan fingerprint density at radius 2 is 1.76 bits per heavy atom. The monoisotopic (exact) mass is 490 g/mol. The van der Waals surface area contributed by atoms with Crippen LogP contribution >= 0.6 is 11.8 Å². The molecule has 3 rings (SSSR count). The number of aliphatic imine (C=N–C) groups is 1. The van der Waals surface area contributed by atoms with E-state index in [-0.39, 0.29) is 22.4 Å². The Hall–Kier alpha value is -3.93. The molecule has 12 heteroatoms. The number of hydrogen-bond acceptors (Lipinski definition) is 7. The number of carbonyl (C=O) groups excluding carboxylic acids is 3. The fourth-order valence-corrected chi connectivity index (χ4v) is 3.62. The highest BCUT2D eigenvalue weighted by atomic mass is 32.2. The third-order valence-electron chi connectivity index (χ3n) is 4.38. The number of imide groups is 1. The molecule has 0 aliphatic carbocycles. The van der Waals surface area contributed by atoms with Crippen LogP contribution in [0.25, 0.3) is 6.08 Å². The number of carbonyl (C=O) groups is 3. The number of hydrogen-bond donors (Lipinski definition) is 2. The zero-order chi connectivity index (χ0) is 24.7. The normalized spacial score (nSPS) is 14.3. The lowest BCUT2D eigenvalue weighted by atomic mass is 10.2. The maximum absolute atomic E-state index is 13.2. The molecule has 0 atom stereocenters.